The van der Waals surface area contributed by atoms with Crippen LogP contribution in [0.5, 0.6) is 0 Å². The van der Waals surface area contributed by atoms with Gasteiger partial charge in [-0.15, -0.1) is 11.3 Å². The maximum atomic E-state index is 9.61. The molecule has 1 aliphatic heterocycles. The third-order valence-electron chi connectivity index (χ3n) is 5.31. The fraction of sp³-hybridized carbons (Fsp3) is 0.273. The Kier molecular flexibility index (Phi) is 4.37. The van der Waals surface area contributed by atoms with Crippen LogP contribution in [0.4, 0.5) is 5.95 Å². The SMILES string of the molecule is CC1=C/CC/C(c2nc3n(c2-c2cc4cnccc4s2)CC(CO)N3)=C/C=C\1. The van der Waals surface area contributed by atoms with Crippen molar-refractivity contribution in [2.45, 2.75) is 32.4 Å². The Morgan fingerprint density at radius 2 is 2.32 bits per heavy atom. The zero-order valence-corrected chi connectivity index (χ0v) is 16.5. The molecule has 0 saturated heterocycles. The topological polar surface area (TPSA) is 63.0 Å². The molecular weight excluding hydrogens is 368 g/mol. The number of nitrogens with one attached hydrogen (secondary N) is 1. The fourth-order valence-corrected chi connectivity index (χ4v) is 4.97. The van der Waals surface area contributed by atoms with Gasteiger partial charge < -0.3 is 15.0 Å². The fourth-order valence-electron chi connectivity index (χ4n) is 3.89. The minimum atomic E-state index is 0.0168. The molecule has 28 heavy (non-hydrogen) atoms. The molecule has 1 unspecified atom stereocenters. The Morgan fingerprint density at radius 3 is 3.18 bits per heavy atom. The van der Waals surface area contributed by atoms with Gasteiger partial charge in [0, 0.05) is 29.0 Å². The molecule has 0 radical (unpaired) electrons. The average molecular weight is 391 g/mol. The maximum Gasteiger partial charge on any atom is 0.204 e. The quantitative estimate of drug-likeness (QED) is 0.685. The Labute approximate surface area is 167 Å². The first-order chi connectivity index (χ1) is 13.7. The van der Waals surface area contributed by atoms with Crippen LogP contribution in [0.2, 0.25) is 0 Å². The van der Waals surface area contributed by atoms with Gasteiger partial charge in [-0.25, -0.2) is 4.98 Å². The minimum absolute atomic E-state index is 0.0168. The molecule has 142 valence electrons. The Balaban J connectivity index is 1.66. The summed E-state index contributed by atoms with van der Waals surface area (Å²) < 4.78 is 3.44. The zero-order chi connectivity index (χ0) is 19.1. The van der Waals surface area contributed by atoms with Crippen molar-refractivity contribution in [1.82, 2.24) is 14.5 Å². The number of imidazole rings is 1. The number of nitrogens with zero attached hydrogens (tertiary/aromatic N) is 3. The van der Waals surface area contributed by atoms with Crippen molar-refractivity contribution in [2.24, 2.45) is 0 Å². The highest BCUT2D eigenvalue weighted by Crippen LogP contribution is 2.41. The predicted molar refractivity (Wildman–Crippen MR) is 115 cm³/mol. The number of fused-ring (bicyclic) bond motifs is 2. The van der Waals surface area contributed by atoms with Gasteiger partial charge >= 0.3 is 0 Å². The second kappa shape index (κ2) is 7.04. The molecule has 2 N–H and O–H groups in total. The zero-order valence-electron chi connectivity index (χ0n) is 15.7. The van der Waals surface area contributed by atoms with E-state index in [1.807, 2.05) is 12.4 Å². The lowest BCUT2D eigenvalue weighted by molar-refractivity contribution is 0.271. The average Bonchev–Trinajstić information content (AvgIpc) is 3.35. The second-order valence-electron chi connectivity index (χ2n) is 7.33. The van der Waals surface area contributed by atoms with Crippen LogP contribution in [0.1, 0.15) is 25.5 Å². The predicted octanol–water partition coefficient (Wildman–Crippen LogP) is 4.63. The van der Waals surface area contributed by atoms with E-state index in [2.05, 4.69) is 58.2 Å². The molecule has 0 amide bonds. The summed E-state index contributed by atoms with van der Waals surface area (Å²) in [5.74, 6) is 0.846. The summed E-state index contributed by atoms with van der Waals surface area (Å²) in [6, 6.07) is 4.28. The first-order valence-corrected chi connectivity index (χ1v) is 10.4. The summed E-state index contributed by atoms with van der Waals surface area (Å²) in [5, 5.41) is 14.1. The number of aromatic nitrogens is 3. The van der Waals surface area contributed by atoms with E-state index in [1.165, 1.54) is 20.7 Å². The van der Waals surface area contributed by atoms with Crippen molar-refractivity contribution in [3.63, 3.8) is 0 Å². The van der Waals surface area contributed by atoms with Crippen LogP contribution in [0.3, 0.4) is 0 Å². The van der Waals surface area contributed by atoms with Crippen LogP contribution in [-0.4, -0.2) is 32.3 Å². The van der Waals surface area contributed by atoms with Gasteiger partial charge in [-0.05, 0) is 37.5 Å². The van der Waals surface area contributed by atoms with Gasteiger partial charge in [-0.1, -0.05) is 29.9 Å². The standard InChI is InChI=1S/C22H22N4OS/c1-14-4-2-6-15(7-3-5-14)20-21(26-12-17(13-27)24-22(26)25-20)19-10-16-11-23-9-8-18(16)28-19/h2,4-6,8-11,17,27H,3,7,12-13H2,1H3,(H,24,25)/b4-2-,14-5-,15-6-. The summed E-state index contributed by atoms with van der Waals surface area (Å²) in [7, 11) is 0. The number of hydrogen-bond acceptors (Lipinski definition) is 5. The van der Waals surface area contributed by atoms with Crippen LogP contribution >= 0.6 is 11.3 Å². The molecule has 1 atom stereocenters. The van der Waals surface area contributed by atoms with Crippen LogP contribution < -0.4 is 5.32 Å². The monoisotopic (exact) mass is 390 g/mol. The number of hydrogen-bond donors (Lipinski definition) is 2. The Bertz CT molecular complexity index is 1100. The highest BCUT2D eigenvalue weighted by molar-refractivity contribution is 7.22. The summed E-state index contributed by atoms with van der Waals surface area (Å²) in [6.07, 6.45) is 14.4. The third kappa shape index (κ3) is 2.99. The lowest BCUT2D eigenvalue weighted by Crippen LogP contribution is -2.21. The molecule has 0 saturated carbocycles. The van der Waals surface area contributed by atoms with Gasteiger partial charge in [-0.3, -0.25) is 4.98 Å². The number of rotatable bonds is 3. The van der Waals surface area contributed by atoms with Crippen LogP contribution in [0.25, 0.3) is 26.2 Å². The van der Waals surface area contributed by atoms with Crippen LogP contribution in [-0.2, 0) is 6.54 Å². The van der Waals surface area contributed by atoms with E-state index in [1.54, 1.807) is 11.3 Å². The van der Waals surface area contributed by atoms with Crippen molar-refractivity contribution in [3.05, 3.63) is 60.1 Å². The lowest BCUT2D eigenvalue weighted by Gasteiger charge is -2.11. The molecule has 0 fully saturated rings. The first kappa shape index (κ1) is 17.4. The summed E-state index contributed by atoms with van der Waals surface area (Å²) in [6.45, 7) is 2.96. The molecule has 3 aromatic heterocycles. The van der Waals surface area contributed by atoms with Gasteiger partial charge in [0.2, 0.25) is 5.95 Å². The Morgan fingerprint density at radius 1 is 1.39 bits per heavy atom. The van der Waals surface area contributed by atoms with Crippen molar-refractivity contribution in [3.8, 4) is 10.6 Å². The molecule has 4 heterocycles. The summed E-state index contributed by atoms with van der Waals surface area (Å²) in [5.41, 5.74) is 4.72. The van der Waals surface area contributed by atoms with Crippen molar-refractivity contribution in [1.29, 1.82) is 0 Å². The van der Waals surface area contributed by atoms with Gasteiger partial charge in [-0.2, -0.15) is 0 Å². The molecular formula is C22H22N4OS. The smallest absolute Gasteiger partial charge is 0.204 e. The van der Waals surface area contributed by atoms with E-state index >= 15 is 0 Å². The molecule has 2 aliphatic rings. The van der Waals surface area contributed by atoms with Gasteiger partial charge in [0.15, 0.2) is 0 Å². The number of thiophene rings is 1. The molecule has 1 aliphatic carbocycles. The van der Waals surface area contributed by atoms with E-state index in [0.717, 1.165) is 42.1 Å². The highest BCUT2D eigenvalue weighted by atomic mass is 32.1. The van der Waals surface area contributed by atoms with Crippen LogP contribution in [0.15, 0.2) is 54.4 Å². The molecule has 5 nitrogen and oxygen atoms in total. The number of pyridine rings is 1. The van der Waals surface area contributed by atoms with Gasteiger partial charge in [0.1, 0.15) is 0 Å². The molecule has 5 rings (SSSR count). The molecule has 3 aromatic rings. The number of anilines is 1. The van der Waals surface area contributed by atoms with Crippen molar-refractivity contribution >= 4 is 32.9 Å². The van der Waals surface area contributed by atoms with E-state index < -0.39 is 0 Å². The number of allylic oxidation sites excluding steroid dienone is 6. The van der Waals surface area contributed by atoms with E-state index in [4.69, 9.17) is 4.98 Å². The minimum Gasteiger partial charge on any atom is -0.394 e. The van der Waals surface area contributed by atoms with Gasteiger partial charge in [0.25, 0.3) is 0 Å². The lowest BCUT2D eigenvalue weighted by atomic mass is 10.0. The maximum absolute atomic E-state index is 9.61. The molecule has 0 aromatic carbocycles. The number of aliphatic hydroxyl groups is 1. The second-order valence-corrected chi connectivity index (χ2v) is 8.41. The summed E-state index contributed by atoms with van der Waals surface area (Å²) >= 11 is 1.77. The Hall–Kier alpha value is -2.70. The third-order valence-corrected chi connectivity index (χ3v) is 6.44. The van der Waals surface area contributed by atoms with E-state index in [-0.39, 0.29) is 12.6 Å². The molecule has 0 bridgehead atoms. The first-order valence-electron chi connectivity index (χ1n) is 9.59. The number of aliphatic hydroxyl groups excluding tert-OH is 1. The highest BCUT2D eigenvalue weighted by Gasteiger charge is 2.29. The summed E-state index contributed by atoms with van der Waals surface area (Å²) in [4.78, 5) is 10.4. The molecule has 6 heteroatoms. The van der Waals surface area contributed by atoms with E-state index in [9.17, 15) is 5.11 Å². The van der Waals surface area contributed by atoms with Crippen molar-refractivity contribution in [2.75, 3.05) is 11.9 Å². The molecule has 0 spiro atoms. The normalized spacial score (nSPS) is 23.9. The van der Waals surface area contributed by atoms with Crippen molar-refractivity contribution < 1.29 is 5.11 Å². The van der Waals surface area contributed by atoms with Crippen LogP contribution in [0, 0.1) is 0 Å². The van der Waals surface area contributed by atoms with E-state index in [0.29, 0.717) is 0 Å². The largest absolute Gasteiger partial charge is 0.394 e. The van der Waals surface area contributed by atoms with Gasteiger partial charge in [0.05, 0.1) is 28.9 Å².